The summed E-state index contributed by atoms with van der Waals surface area (Å²) in [6.07, 6.45) is 0.915. The second kappa shape index (κ2) is 11.0. The number of carbonyl (C=O) groups excluding carboxylic acids is 2. The van der Waals surface area contributed by atoms with Gasteiger partial charge in [-0.1, -0.05) is 11.8 Å². The molecule has 0 radical (unpaired) electrons. The lowest BCUT2D eigenvalue weighted by atomic mass is 10.1. The van der Waals surface area contributed by atoms with Crippen LogP contribution < -0.4 is 21.1 Å². The van der Waals surface area contributed by atoms with Gasteiger partial charge in [0.25, 0.3) is 5.03 Å². The first kappa shape index (κ1) is 22.2. The number of aromatic nitrogens is 1. The second-order valence-corrected chi connectivity index (χ2v) is 6.43. The van der Waals surface area contributed by atoms with Crippen molar-refractivity contribution in [1.29, 1.82) is 0 Å². The highest BCUT2D eigenvalue weighted by Crippen LogP contribution is 2.14. The average molecular weight is 400 g/mol. The third-order valence-electron chi connectivity index (χ3n) is 3.25. The molecule has 0 aliphatic heterocycles. The van der Waals surface area contributed by atoms with Gasteiger partial charge >= 0.3 is 11.9 Å². The molecule has 1 aromatic rings. The third kappa shape index (κ3) is 8.37. The van der Waals surface area contributed by atoms with Crippen molar-refractivity contribution in [1.82, 2.24) is 10.6 Å². The molecule has 12 heteroatoms. The lowest BCUT2D eigenvalue weighted by Crippen LogP contribution is -2.49. The van der Waals surface area contributed by atoms with Gasteiger partial charge in [0, 0.05) is 24.3 Å². The lowest BCUT2D eigenvalue weighted by Gasteiger charge is -2.17. The van der Waals surface area contributed by atoms with Crippen LogP contribution in [-0.4, -0.2) is 58.3 Å². The molecule has 2 amide bonds. The van der Waals surface area contributed by atoms with Gasteiger partial charge in [-0.25, -0.2) is 0 Å². The Labute approximate surface area is 158 Å². The van der Waals surface area contributed by atoms with E-state index in [9.17, 15) is 24.4 Å². The fraction of sp³-hybridized carbons (Fsp3) is 0.400. The molecule has 1 heterocycles. The first-order chi connectivity index (χ1) is 12.7. The number of nitrogens with zero attached hydrogens (tertiary/aromatic N) is 1. The number of amides is 2. The van der Waals surface area contributed by atoms with Crippen molar-refractivity contribution in [2.45, 2.75) is 30.0 Å². The summed E-state index contributed by atoms with van der Waals surface area (Å²) in [5.41, 5.74) is 5.32. The normalized spacial score (nSPS) is 12.6. The largest absolute Gasteiger partial charge is 0.618 e. The molecule has 0 aliphatic rings. The van der Waals surface area contributed by atoms with E-state index in [1.54, 1.807) is 6.07 Å². The van der Waals surface area contributed by atoms with E-state index < -0.39 is 42.4 Å². The first-order valence-corrected chi connectivity index (χ1v) is 8.77. The Morgan fingerprint density at radius 3 is 2.56 bits per heavy atom. The number of rotatable bonds is 11. The van der Waals surface area contributed by atoms with Crippen LogP contribution in [0.3, 0.4) is 0 Å². The molecule has 0 fully saturated rings. The van der Waals surface area contributed by atoms with Crippen LogP contribution in [0.4, 0.5) is 0 Å². The Bertz CT molecular complexity index is 700. The monoisotopic (exact) mass is 400 g/mol. The van der Waals surface area contributed by atoms with Crippen LogP contribution in [0.1, 0.15) is 12.8 Å². The number of aliphatic carboxylic acids is 2. The van der Waals surface area contributed by atoms with E-state index in [2.05, 4.69) is 10.6 Å². The third-order valence-corrected chi connectivity index (χ3v) is 4.36. The molecule has 0 aromatic carbocycles. The molecule has 2 atom stereocenters. The van der Waals surface area contributed by atoms with Crippen molar-refractivity contribution < 1.29 is 34.1 Å². The number of carbonyl (C=O) groups is 4. The zero-order valence-corrected chi connectivity index (χ0v) is 15.0. The van der Waals surface area contributed by atoms with E-state index >= 15 is 0 Å². The van der Waals surface area contributed by atoms with E-state index in [1.165, 1.54) is 18.3 Å². The highest BCUT2D eigenvalue weighted by Gasteiger charge is 2.23. The van der Waals surface area contributed by atoms with Crippen molar-refractivity contribution in [2.75, 3.05) is 12.3 Å². The number of hydrogen-bond acceptors (Lipinski definition) is 7. The van der Waals surface area contributed by atoms with E-state index in [4.69, 9.17) is 15.9 Å². The smallest absolute Gasteiger partial charge is 0.322 e. The topological polar surface area (TPSA) is 186 Å². The summed E-state index contributed by atoms with van der Waals surface area (Å²) in [6.45, 7) is -0.632. The molecule has 148 valence electrons. The number of pyridine rings is 1. The minimum Gasteiger partial charge on any atom is -0.618 e. The molecule has 1 aromatic heterocycles. The van der Waals surface area contributed by atoms with Crippen LogP contribution >= 0.6 is 11.8 Å². The van der Waals surface area contributed by atoms with Gasteiger partial charge in [0.1, 0.15) is 18.6 Å². The Morgan fingerprint density at radius 2 is 1.96 bits per heavy atom. The average Bonchev–Trinajstić information content (AvgIpc) is 2.62. The molecule has 0 bridgehead atoms. The minimum atomic E-state index is -1.26. The lowest BCUT2D eigenvalue weighted by molar-refractivity contribution is -0.645. The van der Waals surface area contributed by atoms with E-state index in [-0.39, 0.29) is 23.6 Å². The highest BCUT2D eigenvalue weighted by atomic mass is 32.2. The van der Waals surface area contributed by atoms with Crippen LogP contribution in [0.15, 0.2) is 29.4 Å². The molecular formula is C15H20N4O7S. The zero-order chi connectivity index (χ0) is 20.4. The quantitative estimate of drug-likeness (QED) is 0.164. The molecule has 27 heavy (non-hydrogen) atoms. The standard InChI is InChI=1S/C15H20N4O7S/c16-9(15(24)25)4-5-11(20)18-10(14(23)17-7-13(21)22)8-27-12-3-1-2-6-19(12)26/h1-3,6,9-10H,4-5,7-8,16H2,(H,17,23)(H,18,20)(H,21,22)(H,24,25)/t9-,10-/m0/s1. The van der Waals surface area contributed by atoms with Crippen LogP contribution in [0.25, 0.3) is 0 Å². The first-order valence-electron chi connectivity index (χ1n) is 7.79. The number of carboxylic acid groups (broad SMARTS) is 2. The Kier molecular flexibility index (Phi) is 9.02. The highest BCUT2D eigenvalue weighted by molar-refractivity contribution is 7.99. The summed E-state index contributed by atoms with van der Waals surface area (Å²) in [7, 11) is 0. The van der Waals surface area contributed by atoms with Gasteiger partial charge in [0.2, 0.25) is 11.8 Å². The predicted octanol–water partition coefficient (Wildman–Crippen LogP) is -1.71. The van der Waals surface area contributed by atoms with Crippen molar-refractivity contribution >= 4 is 35.5 Å². The number of hydrogen-bond donors (Lipinski definition) is 5. The second-order valence-electron chi connectivity index (χ2n) is 5.39. The number of nitrogens with two attached hydrogens (primary N) is 1. The van der Waals surface area contributed by atoms with Gasteiger partial charge in [-0.05, 0) is 12.5 Å². The van der Waals surface area contributed by atoms with Crippen LogP contribution in [0, 0.1) is 5.21 Å². The van der Waals surface area contributed by atoms with Crippen LogP contribution in [0.2, 0.25) is 0 Å². The summed E-state index contributed by atoms with van der Waals surface area (Å²) in [6, 6.07) is 2.35. The summed E-state index contributed by atoms with van der Waals surface area (Å²) in [5.74, 6) is -3.90. The fourth-order valence-corrected chi connectivity index (χ4v) is 2.77. The van der Waals surface area contributed by atoms with Gasteiger partial charge in [-0.15, -0.1) is 0 Å². The van der Waals surface area contributed by atoms with Crippen molar-refractivity contribution in [2.24, 2.45) is 5.73 Å². The Hall–Kier alpha value is -2.86. The van der Waals surface area contributed by atoms with E-state index in [0.29, 0.717) is 4.73 Å². The molecule has 0 saturated heterocycles. The summed E-state index contributed by atoms with van der Waals surface area (Å²) in [5, 5.41) is 33.8. The van der Waals surface area contributed by atoms with Crippen LogP contribution in [0.5, 0.6) is 0 Å². The van der Waals surface area contributed by atoms with Crippen LogP contribution in [-0.2, 0) is 19.2 Å². The number of thioether (sulfide) groups is 1. The van der Waals surface area contributed by atoms with Crippen molar-refractivity contribution in [3.8, 4) is 0 Å². The van der Waals surface area contributed by atoms with E-state index in [0.717, 1.165) is 11.8 Å². The number of nitrogens with one attached hydrogen (secondary N) is 2. The number of carboxylic acids is 2. The molecule has 11 nitrogen and oxygen atoms in total. The minimum absolute atomic E-state index is 0.0333. The Balaban J connectivity index is 2.70. The molecule has 0 spiro atoms. The molecule has 6 N–H and O–H groups in total. The zero-order valence-electron chi connectivity index (χ0n) is 14.2. The molecule has 0 saturated carbocycles. The van der Waals surface area contributed by atoms with Gasteiger partial charge in [-0.2, -0.15) is 4.73 Å². The summed E-state index contributed by atoms with van der Waals surface area (Å²) in [4.78, 5) is 45.4. The Morgan fingerprint density at radius 1 is 1.26 bits per heavy atom. The maximum Gasteiger partial charge on any atom is 0.322 e. The van der Waals surface area contributed by atoms with E-state index in [1.807, 2.05) is 0 Å². The van der Waals surface area contributed by atoms with Gasteiger partial charge in [-0.3, -0.25) is 19.2 Å². The van der Waals surface area contributed by atoms with Crippen molar-refractivity contribution in [3.63, 3.8) is 0 Å². The predicted molar refractivity (Wildman–Crippen MR) is 93.5 cm³/mol. The summed E-state index contributed by atoms with van der Waals surface area (Å²) >= 11 is 0.998. The fourth-order valence-electron chi connectivity index (χ4n) is 1.84. The van der Waals surface area contributed by atoms with Gasteiger partial charge in [0.15, 0.2) is 6.20 Å². The van der Waals surface area contributed by atoms with Gasteiger partial charge in [0.05, 0.1) is 0 Å². The molecule has 0 aliphatic carbocycles. The van der Waals surface area contributed by atoms with Gasteiger partial charge < -0.3 is 31.8 Å². The maximum atomic E-state index is 12.1. The molecule has 0 unspecified atom stereocenters. The SMILES string of the molecule is N[C@@H](CCC(=O)N[C@@H](CSc1cccc[n+]1[O-])C(=O)NCC(=O)O)C(=O)O. The van der Waals surface area contributed by atoms with Crippen molar-refractivity contribution in [3.05, 3.63) is 29.6 Å². The molecule has 1 rings (SSSR count). The summed E-state index contributed by atoms with van der Waals surface area (Å²) < 4.78 is 0.588. The molecular weight excluding hydrogens is 380 g/mol. The maximum absolute atomic E-state index is 12.1.